The molecule has 2 aromatic heterocycles. The van der Waals surface area contributed by atoms with Gasteiger partial charge in [-0.05, 0) is 25.0 Å². The Kier molecular flexibility index (Phi) is 2.94. The van der Waals surface area contributed by atoms with Crippen molar-refractivity contribution in [3.8, 4) is 5.75 Å². The van der Waals surface area contributed by atoms with Crippen LogP contribution in [0.2, 0.25) is 0 Å². The Morgan fingerprint density at radius 1 is 1.19 bits per heavy atom. The standard InChI is InChI=1S/C15H15FN4O/c16-11-6-18-15(19-7-11)20-9-10-3-4-13(20)14(10)21-12-2-1-5-17-8-12/h1-2,5-8,10,13-14H,3-4,9H2/t10-,13+,14-/m1/s1. The second-order valence-electron chi connectivity index (χ2n) is 5.53. The average molecular weight is 286 g/mol. The van der Waals surface area contributed by atoms with Crippen LogP contribution in [0.25, 0.3) is 0 Å². The van der Waals surface area contributed by atoms with Crippen molar-refractivity contribution in [2.24, 2.45) is 5.92 Å². The molecule has 0 unspecified atom stereocenters. The minimum atomic E-state index is -0.411. The normalized spacial score (nSPS) is 27.1. The molecule has 1 aliphatic carbocycles. The third-order valence-corrected chi connectivity index (χ3v) is 4.28. The van der Waals surface area contributed by atoms with Crippen LogP contribution >= 0.6 is 0 Å². The molecular weight excluding hydrogens is 271 g/mol. The topological polar surface area (TPSA) is 51.1 Å². The van der Waals surface area contributed by atoms with Gasteiger partial charge in [-0.3, -0.25) is 4.98 Å². The van der Waals surface area contributed by atoms with Gasteiger partial charge >= 0.3 is 0 Å². The largest absolute Gasteiger partial charge is 0.486 e. The molecule has 0 spiro atoms. The smallest absolute Gasteiger partial charge is 0.225 e. The predicted molar refractivity (Wildman–Crippen MR) is 74.5 cm³/mol. The van der Waals surface area contributed by atoms with Gasteiger partial charge < -0.3 is 9.64 Å². The molecular formula is C15H15FN4O. The third-order valence-electron chi connectivity index (χ3n) is 4.28. The maximum Gasteiger partial charge on any atom is 0.225 e. The number of ether oxygens (including phenoxy) is 1. The lowest BCUT2D eigenvalue weighted by molar-refractivity contribution is 0.178. The minimum absolute atomic E-state index is 0.128. The number of hydrogen-bond donors (Lipinski definition) is 0. The quantitative estimate of drug-likeness (QED) is 0.864. The van der Waals surface area contributed by atoms with Gasteiger partial charge in [0, 0.05) is 18.7 Å². The molecule has 6 heteroatoms. The van der Waals surface area contributed by atoms with Gasteiger partial charge in [-0.25, -0.2) is 14.4 Å². The number of halogens is 1. The van der Waals surface area contributed by atoms with Crippen LogP contribution in [0.4, 0.5) is 10.3 Å². The first-order valence-corrected chi connectivity index (χ1v) is 7.12. The molecule has 5 nitrogen and oxygen atoms in total. The van der Waals surface area contributed by atoms with Gasteiger partial charge in [-0.1, -0.05) is 0 Å². The molecule has 3 atom stereocenters. The van der Waals surface area contributed by atoms with Crippen LogP contribution in [0, 0.1) is 11.7 Å². The number of piperidine rings is 1. The molecule has 1 saturated carbocycles. The van der Waals surface area contributed by atoms with Crippen molar-refractivity contribution in [3.05, 3.63) is 42.7 Å². The summed E-state index contributed by atoms with van der Waals surface area (Å²) in [5.41, 5.74) is 0. The second kappa shape index (κ2) is 4.95. The van der Waals surface area contributed by atoms with E-state index in [2.05, 4.69) is 19.9 Å². The highest BCUT2D eigenvalue weighted by Crippen LogP contribution is 2.41. The molecule has 0 N–H and O–H groups in total. The Morgan fingerprint density at radius 2 is 2.05 bits per heavy atom. The minimum Gasteiger partial charge on any atom is -0.486 e. The van der Waals surface area contributed by atoms with Crippen molar-refractivity contribution in [1.82, 2.24) is 15.0 Å². The zero-order valence-corrected chi connectivity index (χ0v) is 11.4. The zero-order chi connectivity index (χ0) is 14.2. The van der Waals surface area contributed by atoms with E-state index in [1.807, 2.05) is 12.1 Å². The van der Waals surface area contributed by atoms with E-state index in [4.69, 9.17) is 4.74 Å². The number of nitrogens with zero attached hydrogens (tertiary/aromatic N) is 4. The Labute approximate surface area is 121 Å². The van der Waals surface area contributed by atoms with Gasteiger partial charge in [-0.15, -0.1) is 0 Å². The molecule has 2 fully saturated rings. The van der Waals surface area contributed by atoms with E-state index in [1.54, 1.807) is 12.4 Å². The summed E-state index contributed by atoms with van der Waals surface area (Å²) >= 11 is 0. The summed E-state index contributed by atoms with van der Waals surface area (Å²) in [4.78, 5) is 14.4. The summed E-state index contributed by atoms with van der Waals surface area (Å²) in [5, 5.41) is 0. The summed E-state index contributed by atoms with van der Waals surface area (Å²) in [6, 6.07) is 4.04. The fraction of sp³-hybridized carbons (Fsp3) is 0.400. The van der Waals surface area contributed by atoms with Crippen molar-refractivity contribution in [2.45, 2.75) is 25.0 Å². The highest BCUT2D eigenvalue weighted by molar-refractivity contribution is 5.37. The van der Waals surface area contributed by atoms with Gasteiger partial charge in [-0.2, -0.15) is 0 Å². The molecule has 3 heterocycles. The average Bonchev–Trinajstić information content (AvgIpc) is 3.06. The lowest BCUT2D eigenvalue weighted by Crippen LogP contribution is -2.37. The molecule has 21 heavy (non-hydrogen) atoms. The monoisotopic (exact) mass is 286 g/mol. The van der Waals surface area contributed by atoms with E-state index in [0.717, 1.165) is 25.1 Å². The maximum absolute atomic E-state index is 13.0. The molecule has 2 aromatic rings. The Balaban J connectivity index is 1.55. The number of hydrogen-bond acceptors (Lipinski definition) is 5. The summed E-state index contributed by atoms with van der Waals surface area (Å²) in [6.45, 7) is 0.862. The van der Waals surface area contributed by atoms with E-state index in [0.29, 0.717) is 11.9 Å². The molecule has 0 aromatic carbocycles. The molecule has 2 aliphatic rings. The summed E-state index contributed by atoms with van der Waals surface area (Å²) in [5.74, 6) is 1.43. The lowest BCUT2D eigenvalue weighted by atomic mass is 10.1. The fourth-order valence-corrected chi connectivity index (χ4v) is 3.38. The second-order valence-corrected chi connectivity index (χ2v) is 5.53. The first kappa shape index (κ1) is 12.5. The summed E-state index contributed by atoms with van der Waals surface area (Å²) in [6.07, 6.45) is 8.22. The number of fused-ring (bicyclic) bond motifs is 2. The lowest BCUT2D eigenvalue weighted by Gasteiger charge is -2.26. The van der Waals surface area contributed by atoms with E-state index in [1.165, 1.54) is 12.4 Å². The Morgan fingerprint density at radius 3 is 2.81 bits per heavy atom. The molecule has 4 rings (SSSR count). The van der Waals surface area contributed by atoms with Crippen molar-refractivity contribution in [2.75, 3.05) is 11.4 Å². The van der Waals surface area contributed by atoms with Gasteiger partial charge in [0.15, 0.2) is 5.82 Å². The van der Waals surface area contributed by atoms with Crippen molar-refractivity contribution >= 4 is 5.95 Å². The van der Waals surface area contributed by atoms with Crippen LogP contribution in [0.1, 0.15) is 12.8 Å². The SMILES string of the molecule is Fc1cnc(N2C[C@H]3CC[C@H]2[C@@H]3Oc2cccnc2)nc1. The van der Waals surface area contributed by atoms with Crippen molar-refractivity contribution < 1.29 is 9.13 Å². The van der Waals surface area contributed by atoms with Gasteiger partial charge in [0.25, 0.3) is 0 Å². The third kappa shape index (κ3) is 2.20. The number of anilines is 1. The predicted octanol–water partition coefficient (Wildman–Crippen LogP) is 2.06. The van der Waals surface area contributed by atoms with Crippen LogP contribution in [0.15, 0.2) is 36.9 Å². The van der Waals surface area contributed by atoms with E-state index in [9.17, 15) is 4.39 Å². The van der Waals surface area contributed by atoms with Crippen LogP contribution in [0.3, 0.4) is 0 Å². The fourth-order valence-electron chi connectivity index (χ4n) is 3.38. The first-order valence-electron chi connectivity index (χ1n) is 7.12. The number of aromatic nitrogens is 3. The number of pyridine rings is 1. The highest BCUT2D eigenvalue weighted by Gasteiger charge is 2.49. The van der Waals surface area contributed by atoms with Gasteiger partial charge in [0.1, 0.15) is 11.9 Å². The van der Waals surface area contributed by atoms with Crippen LogP contribution in [-0.2, 0) is 0 Å². The molecule has 2 bridgehead atoms. The summed E-state index contributed by atoms with van der Waals surface area (Å²) in [7, 11) is 0. The van der Waals surface area contributed by atoms with Gasteiger partial charge in [0.05, 0.1) is 24.6 Å². The van der Waals surface area contributed by atoms with Gasteiger partial charge in [0.2, 0.25) is 5.95 Å². The van der Waals surface area contributed by atoms with Crippen LogP contribution in [0.5, 0.6) is 5.75 Å². The Hall–Kier alpha value is -2.24. The number of rotatable bonds is 3. The highest BCUT2D eigenvalue weighted by atomic mass is 19.1. The molecule has 1 saturated heterocycles. The molecule has 1 aliphatic heterocycles. The molecule has 0 amide bonds. The van der Waals surface area contributed by atoms with Crippen LogP contribution in [-0.4, -0.2) is 33.6 Å². The zero-order valence-electron chi connectivity index (χ0n) is 11.4. The van der Waals surface area contributed by atoms with Crippen LogP contribution < -0.4 is 9.64 Å². The van der Waals surface area contributed by atoms with Crippen molar-refractivity contribution in [3.63, 3.8) is 0 Å². The molecule has 108 valence electrons. The molecule has 0 radical (unpaired) electrons. The summed E-state index contributed by atoms with van der Waals surface area (Å²) < 4.78 is 19.1. The van der Waals surface area contributed by atoms with E-state index >= 15 is 0 Å². The first-order chi connectivity index (χ1) is 10.3. The Bertz CT molecular complexity index is 621. The maximum atomic E-state index is 13.0. The van der Waals surface area contributed by atoms with Crippen molar-refractivity contribution in [1.29, 1.82) is 0 Å². The van der Waals surface area contributed by atoms with E-state index in [-0.39, 0.29) is 12.1 Å². The van der Waals surface area contributed by atoms with E-state index < -0.39 is 5.82 Å².